The highest BCUT2D eigenvalue weighted by molar-refractivity contribution is 5.61. The first-order valence-corrected chi connectivity index (χ1v) is 6.61. The van der Waals surface area contributed by atoms with Crippen LogP contribution in [0.2, 0.25) is 0 Å². The number of hydrogen-bond acceptors (Lipinski definition) is 5. The molecule has 0 N–H and O–H groups in total. The lowest BCUT2D eigenvalue weighted by Gasteiger charge is -2.02. The summed E-state index contributed by atoms with van der Waals surface area (Å²) in [5.41, 5.74) is 1.76. The van der Waals surface area contributed by atoms with Gasteiger partial charge in [-0.2, -0.15) is 0 Å². The second-order valence-corrected chi connectivity index (χ2v) is 4.55. The molecule has 22 heavy (non-hydrogen) atoms. The maximum Gasteiger partial charge on any atom is 0.270 e. The van der Waals surface area contributed by atoms with Crippen LogP contribution in [0.1, 0.15) is 0 Å². The van der Waals surface area contributed by atoms with Crippen molar-refractivity contribution < 1.29 is 23.8 Å². The molecule has 0 unspecified atom stereocenters. The normalized spacial score (nSPS) is 10.5. The Morgan fingerprint density at radius 3 is 2.00 bits per heavy atom. The Morgan fingerprint density at radius 2 is 1.45 bits per heavy atom. The van der Waals surface area contributed by atoms with Gasteiger partial charge in [0.25, 0.3) is 5.69 Å². The van der Waals surface area contributed by atoms with Gasteiger partial charge in [0.05, 0.1) is 25.1 Å². The summed E-state index contributed by atoms with van der Waals surface area (Å²) < 4.78 is 16.5. The molecule has 0 bridgehead atoms. The van der Waals surface area contributed by atoms with Crippen molar-refractivity contribution in [3.8, 4) is 34.4 Å². The van der Waals surface area contributed by atoms with E-state index in [4.69, 9.17) is 14.0 Å². The van der Waals surface area contributed by atoms with Gasteiger partial charge >= 0.3 is 0 Å². The van der Waals surface area contributed by atoms with Gasteiger partial charge in [-0.25, -0.2) is 0 Å². The molecule has 0 atom stereocenters. The predicted octanol–water partition coefficient (Wildman–Crippen LogP) is 1.71. The Kier molecular flexibility index (Phi) is 3.65. The van der Waals surface area contributed by atoms with Gasteiger partial charge in [-0.3, -0.25) is 0 Å². The first kappa shape index (κ1) is 13.9. The van der Waals surface area contributed by atoms with Crippen LogP contribution in [0.5, 0.6) is 17.4 Å². The average Bonchev–Trinajstić information content (AvgIpc) is 2.96. The van der Waals surface area contributed by atoms with Crippen molar-refractivity contribution in [2.75, 3.05) is 14.2 Å². The average molecular weight is 298 g/mol. The van der Waals surface area contributed by atoms with E-state index in [1.807, 2.05) is 0 Å². The Hall–Kier alpha value is -3.02. The fourth-order valence-electron chi connectivity index (χ4n) is 2.14. The first-order valence-electron chi connectivity index (χ1n) is 6.61. The number of rotatable bonds is 4. The minimum Gasteiger partial charge on any atom is -0.539 e. The molecule has 6 nitrogen and oxygen atoms in total. The van der Waals surface area contributed by atoms with Gasteiger partial charge in [-0.05, 0) is 41.1 Å². The highest BCUT2D eigenvalue weighted by Crippen LogP contribution is 2.26. The molecule has 3 aromatic rings. The van der Waals surface area contributed by atoms with Crippen LogP contribution in [0.3, 0.4) is 0 Å². The Morgan fingerprint density at radius 1 is 0.909 bits per heavy atom. The van der Waals surface area contributed by atoms with Crippen LogP contribution in [0, 0.1) is 0 Å². The lowest BCUT2D eigenvalue weighted by atomic mass is 10.1. The maximum absolute atomic E-state index is 12.0. The minimum absolute atomic E-state index is 0.354. The largest absolute Gasteiger partial charge is 0.539 e. The molecular formula is C16H14N2O4. The number of ether oxygens (including phenoxy) is 2. The Balaban J connectivity index is 2.05. The number of hydrogen-bond donors (Lipinski definition) is 0. The zero-order valence-corrected chi connectivity index (χ0v) is 12.1. The third kappa shape index (κ3) is 2.46. The van der Waals surface area contributed by atoms with Gasteiger partial charge < -0.3 is 19.1 Å². The standard InChI is InChI=1S/C16H14N2O4/c1-20-13-7-3-11(4-8-13)15-16(19)22-17-18(15)12-5-9-14(21-2)10-6-12/h3-10H,1-2H3. The summed E-state index contributed by atoms with van der Waals surface area (Å²) >= 11 is 0. The Bertz CT molecular complexity index is 764. The zero-order valence-electron chi connectivity index (χ0n) is 12.1. The molecule has 1 heterocycles. The second kappa shape index (κ2) is 5.77. The van der Waals surface area contributed by atoms with E-state index in [-0.39, 0.29) is 0 Å². The topological polar surface area (TPSA) is 71.4 Å². The van der Waals surface area contributed by atoms with Crippen molar-refractivity contribution in [2.45, 2.75) is 0 Å². The van der Waals surface area contributed by atoms with Gasteiger partial charge in [-0.1, -0.05) is 0 Å². The quantitative estimate of drug-likeness (QED) is 0.686. The molecule has 0 amide bonds. The van der Waals surface area contributed by atoms with Crippen molar-refractivity contribution in [3.05, 3.63) is 48.5 Å². The molecule has 0 radical (unpaired) electrons. The summed E-state index contributed by atoms with van der Waals surface area (Å²) in [6.45, 7) is 0. The van der Waals surface area contributed by atoms with Crippen molar-refractivity contribution in [1.29, 1.82) is 0 Å². The van der Waals surface area contributed by atoms with Crippen molar-refractivity contribution in [2.24, 2.45) is 0 Å². The van der Waals surface area contributed by atoms with Crippen LogP contribution in [0.15, 0.2) is 53.1 Å². The summed E-state index contributed by atoms with van der Waals surface area (Å²) in [4.78, 5) is 0. The maximum atomic E-state index is 12.0. The molecule has 0 spiro atoms. The van der Waals surface area contributed by atoms with Crippen LogP contribution in [-0.4, -0.2) is 19.5 Å². The van der Waals surface area contributed by atoms with E-state index < -0.39 is 5.95 Å². The van der Waals surface area contributed by atoms with Gasteiger partial charge in [0.2, 0.25) is 5.69 Å². The number of benzene rings is 2. The van der Waals surface area contributed by atoms with Gasteiger partial charge in [0.1, 0.15) is 11.5 Å². The highest BCUT2D eigenvalue weighted by Gasteiger charge is 2.22. The SMILES string of the molecule is COc1ccc(-c2c([O-])on[n+]2-c2ccc(OC)cc2)cc1. The van der Waals surface area contributed by atoms with Crippen LogP contribution in [0.25, 0.3) is 16.9 Å². The fourth-order valence-corrected chi connectivity index (χ4v) is 2.14. The predicted molar refractivity (Wildman–Crippen MR) is 76.0 cm³/mol. The Labute approximate surface area is 127 Å². The van der Waals surface area contributed by atoms with E-state index in [1.165, 1.54) is 4.68 Å². The summed E-state index contributed by atoms with van der Waals surface area (Å²) in [5.74, 6) is 0.936. The lowest BCUT2D eigenvalue weighted by Crippen LogP contribution is -2.34. The van der Waals surface area contributed by atoms with E-state index in [0.717, 1.165) is 5.75 Å². The highest BCUT2D eigenvalue weighted by atomic mass is 16.6. The van der Waals surface area contributed by atoms with Crippen LogP contribution >= 0.6 is 0 Å². The van der Waals surface area contributed by atoms with Crippen molar-refractivity contribution in [3.63, 3.8) is 0 Å². The molecule has 0 saturated heterocycles. The minimum atomic E-state index is -0.499. The number of aromatic nitrogens is 2. The third-order valence-electron chi connectivity index (χ3n) is 3.29. The third-order valence-corrected chi connectivity index (χ3v) is 3.29. The monoisotopic (exact) mass is 298 g/mol. The van der Waals surface area contributed by atoms with Crippen molar-refractivity contribution in [1.82, 2.24) is 5.27 Å². The fraction of sp³-hybridized carbons (Fsp3) is 0.125. The van der Waals surface area contributed by atoms with Crippen LogP contribution in [0.4, 0.5) is 0 Å². The van der Waals surface area contributed by atoms with Crippen LogP contribution < -0.4 is 19.3 Å². The van der Waals surface area contributed by atoms with E-state index in [9.17, 15) is 5.11 Å². The molecule has 1 aromatic heterocycles. The molecule has 0 aliphatic heterocycles. The number of nitrogens with zero attached hydrogens (tertiary/aromatic N) is 2. The molecule has 0 aliphatic carbocycles. The van der Waals surface area contributed by atoms with E-state index in [1.54, 1.807) is 62.8 Å². The summed E-state index contributed by atoms with van der Waals surface area (Å²) in [6.07, 6.45) is 0. The smallest absolute Gasteiger partial charge is 0.270 e. The summed E-state index contributed by atoms with van der Waals surface area (Å²) in [7, 11) is 3.18. The molecule has 3 rings (SSSR count). The molecule has 0 saturated carbocycles. The summed E-state index contributed by atoms with van der Waals surface area (Å²) in [5, 5.41) is 15.8. The van der Waals surface area contributed by atoms with Gasteiger partial charge in [-0.15, -0.1) is 0 Å². The van der Waals surface area contributed by atoms with Gasteiger partial charge in [0.15, 0.2) is 5.95 Å². The second-order valence-electron chi connectivity index (χ2n) is 4.55. The molecule has 2 aromatic carbocycles. The lowest BCUT2D eigenvalue weighted by molar-refractivity contribution is -0.660. The van der Waals surface area contributed by atoms with Crippen LogP contribution in [-0.2, 0) is 0 Å². The van der Waals surface area contributed by atoms with Gasteiger partial charge in [0, 0.05) is 12.1 Å². The molecule has 0 fully saturated rings. The molecule has 112 valence electrons. The first-order chi connectivity index (χ1) is 10.7. The van der Waals surface area contributed by atoms with E-state index in [0.29, 0.717) is 22.7 Å². The van der Waals surface area contributed by atoms with E-state index >= 15 is 0 Å². The molecular weight excluding hydrogens is 284 g/mol. The summed E-state index contributed by atoms with van der Waals surface area (Å²) in [6, 6.07) is 14.3. The molecule has 0 aliphatic rings. The number of methoxy groups -OCH3 is 2. The zero-order chi connectivity index (χ0) is 15.5. The van der Waals surface area contributed by atoms with Crippen molar-refractivity contribution >= 4 is 0 Å². The van der Waals surface area contributed by atoms with E-state index in [2.05, 4.69) is 5.27 Å². The molecule has 6 heteroatoms.